The Morgan fingerprint density at radius 2 is 1.68 bits per heavy atom. The van der Waals surface area contributed by atoms with Crippen LogP contribution in [0, 0.1) is 0 Å². The van der Waals surface area contributed by atoms with Crippen molar-refractivity contribution in [2.75, 3.05) is 0 Å². The SMILES string of the molecule is O=C(O)c1cc(-c2ccccc2Cl)nc2cc(-c3ccccc3)nn12. The maximum atomic E-state index is 11.7. The first-order valence-electron chi connectivity index (χ1n) is 7.58. The predicted octanol–water partition coefficient (Wildman–Crippen LogP) is 4.41. The standard InChI is InChI=1S/C19H12ClN3O2/c20-14-9-5-4-8-13(14)16-10-17(19(24)25)23-18(21-16)11-15(22-23)12-6-2-1-3-7-12/h1-11H,(H,24,25). The minimum atomic E-state index is -1.08. The molecule has 122 valence electrons. The molecular formula is C19H12ClN3O2. The van der Waals surface area contributed by atoms with E-state index >= 15 is 0 Å². The van der Waals surface area contributed by atoms with Gasteiger partial charge in [0, 0.05) is 22.2 Å². The number of rotatable bonds is 3. The molecule has 4 aromatic rings. The fraction of sp³-hybridized carbons (Fsp3) is 0. The van der Waals surface area contributed by atoms with Gasteiger partial charge in [0.1, 0.15) is 0 Å². The van der Waals surface area contributed by atoms with Gasteiger partial charge in [-0.1, -0.05) is 60.1 Å². The second-order valence-electron chi connectivity index (χ2n) is 5.48. The van der Waals surface area contributed by atoms with E-state index in [1.54, 1.807) is 18.2 Å². The fourth-order valence-electron chi connectivity index (χ4n) is 2.68. The monoisotopic (exact) mass is 349 g/mol. The van der Waals surface area contributed by atoms with Crippen LogP contribution in [0.1, 0.15) is 10.5 Å². The van der Waals surface area contributed by atoms with E-state index in [2.05, 4.69) is 10.1 Å². The van der Waals surface area contributed by atoms with Crippen LogP contribution in [0.5, 0.6) is 0 Å². The summed E-state index contributed by atoms with van der Waals surface area (Å²) in [7, 11) is 0. The van der Waals surface area contributed by atoms with Crippen molar-refractivity contribution in [2.24, 2.45) is 0 Å². The Morgan fingerprint density at radius 1 is 0.960 bits per heavy atom. The first-order valence-corrected chi connectivity index (χ1v) is 7.96. The van der Waals surface area contributed by atoms with E-state index in [9.17, 15) is 9.90 Å². The molecule has 2 heterocycles. The van der Waals surface area contributed by atoms with Crippen molar-refractivity contribution in [1.29, 1.82) is 0 Å². The number of halogens is 1. The summed E-state index contributed by atoms with van der Waals surface area (Å²) in [6.45, 7) is 0. The van der Waals surface area contributed by atoms with Gasteiger partial charge >= 0.3 is 5.97 Å². The number of fused-ring (bicyclic) bond motifs is 1. The van der Waals surface area contributed by atoms with E-state index in [0.29, 0.717) is 27.6 Å². The second-order valence-corrected chi connectivity index (χ2v) is 5.88. The molecular weight excluding hydrogens is 338 g/mol. The summed E-state index contributed by atoms with van der Waals surface area (Å²) >= 11 is 6.23. The number of benzene rings is 2. The molecule has 6 heteroatoms. The highest BCUT2D eigenvalue weighted by Gasteiger charge is 2.17. The van der Waals surface area contributed by atoms with E-state index in [-0.39, 0.29) is 5.69 Å². The summed E-state index contributed by atoms with van der Waals surface area (Å²) in [6.07, 6.45) is 0. The first kappa shape index (κ1) is 15.4. The molecule has 4 rings (SSSR count). The van der Waals surface area contributed by atoms with Crippen molar-refractivity contribution in [3.63, 3.8) is 0 Å². The summed E-state index contributed by atoms with van der Waals surface area (Å²) in [5.41, 5.74) is 3.21. The lowest BCUT2D eigenvalue weighted by molar-refractivity contribution is 0.0687. The number of nitrogens with zero attached hydrogens (tertiary/aromatic N) is 3. The van der Waals surface area contributed by atoms with Gasteiger partial charge in [-0.3, -0.25) is 0 Å². The van der Waals surface area contributed by atoms with Crippen molar-refractivity contribution in [1.82, 2.24) is 14.6 Å². The third-order valence-electron chi connectivity index (χ3n) is 3.87. The van der Waals surface area contributed by atoms with E-state index in [0.717, 1.165) is 5.56 Å². The van der Waals surface area contributed by atoms with Crippen LogP contribution < -0.4 is 0 Å². The molecule has 5 nitrogen and oxygen atoms in total. The molecule has 2 aromatic carbocycles. The Bertz CT molecular complexity index is 1090. The molecule has 0 spiro atoms. The zero-order chi connectivity index (χ0) is 17.4. The van der Waals surface area contributed by atoms with Gasteiger partial charge in [0.15, 0.2) is 11.3 Å². The third kappa shape index (κ3) is 2.75. The van der Waals surface area contributed by atoms with E-state index in [1.807, 2.05) is 42.5 Å². The van der Waals surface area contributed by atoms with Crippen molar-refractivity contribution >= 4 is 23.2 Å². The summed E-state index contributed by atoms with van der Waals surface area (Å²) in [5, 5.41) is 14.5. The predicted molar refractivity (Wildman–Crippen MR) is 95.8 cm³/mol. The maximum absolute atomic E-state index is 11.7. The van der Waals surface area contributed by atoms with Crippen molar-refractivity contribution < 1.29 is 9.90 Å². The van der Waals surface area contributed by atoms with Crippen LogP contribution >= 0.6 is 11.6 Å². The maximum Gasteiger partial charge on any atom is 0.354 e. The summed E-state index contributed by atoms with van der Waals surface area (Å²) in [5.74, 6) is -1.08. The van der Waals surface area contributed by atoms with Crippen LogP contribution in [-0.2, 0) is 0 Å². The smallest absolute Gasteiger partial charge is 0.354 e. The van der Waals surface area contributed by atoms with Crippen LogP contribution in [0.2, 0.25) is 5.02 Å². The largest absolute Gasteiger partial charge is 0.477 e. The van der Waals surface area contributed by atoms with Crippen LogP contribution in [-0.4, -0.2) is 25.7 Å². The molecule has 0 aliphatic heterocycles. The summed E-state index contributed by atoms with van der Waals surface area (Å²) in [6, 6.07) is 20.0. The number of hydrogen-bond acceptors (Lipinski definition) is 3. The molecule has 0 atom stereocenters. The normalized spacial score (nSPS) is 10.9. The Hall–Kier alpha value is -3.18. The van der Waals surface area contributed by atoms with Gasteiger partial charge in [0.25, 0.3) is 0 Å². The minimum absolute atomic E-state index is 0.0297. The van der Waals surface area contributed by atoms with Crippen LogP contribution in [0.25, 0.3) is 28.2 Å². The van der Waals surface area contributed by atoms with Crippen molar-refractivity contribution in [2.45, 2.75) is 0 Å². The third-order valence-corrected chi connectivity index (χ3v) is 4.20. The van der Waals surface area contributed by atoms with Crippen LogP contribution in [0.3, 0.4) is 0 Å². The fourth-order valence-corrected chi connectivity index (χ4v) is 2.92. The Morgan fingerprint density at radius 3 is 2.40 bits per heavy atom. The molecule has 2 aromatic heterocycles. The number of aromatic nitrogens is 3. The second kappa shape index (κ2) is 6.03. The highest BCUT2D eigenvalue weighted by atomic mass is 35.5. The molecule has 0 bridgehead atoms. The molecule has 0 aliphatic rings. The number of carbonyl (C=O) groups is 1. The Labute approximate surface area is 148 Å². The number of carboxylic acids is 1. The number of hydrogen-bond donors (Lipinski definition) is 1. The van der Waals surface area contributed by atoms with Crippen LogP contribution in [0.15, 0.2) is 66.7 Å². The van der Waals surface area contributed by atoms with Crippen molar-refractivity contribution in [3.8, 4) is 22.5 Å². The molecule has 0 unspecified atom stereocenters. The first-order chi connectivity index (χ1) is 12.1. The number of carboxylic acid groups (broad SMARTS) is 1. The zero-order valence-corrected chi connectivity index (χ0v) is 13.7. The van der Waals surface area contributed by atoms with Crippen LogP contribution in [0.4, 0.5) is 0 Å². The quantitative estimate of drug-likeness (QED) is 0.594. The lowest BCUT2D eigenvalue weighted by atomic mass is 10.1. The van der Waals surface area contributed by atoms with Gasteiger partial charge in [-0.05, 0) is 12.1 Å². The van der Waals surface area contributed by atoms with Gasteiger partial charge in [-0.25, -0.2) is 14.3 Å². The Kier molecular flexibility index (Phi) is 3.71. The minimum Gasteiger partial charge on any atom is -0.477 e. The Balaban J connectivity index is 1.97. The molecule has 25 heavy (non-hydrogen) atoms. The molecule has 0 fully saturated rings. The molecule has 0 radical (unpaired) electrons. The molecule has 1 N–H and O–H groups in total. The average Bonchev–Trinajstić information content (AvgIpc) is 3.06. The highest BCUT2D eigenvalue weighted by molar-refractivity contribution is 6.33. The zero-order valence-electron chi connectivity index (χ0n) is 12.9. The molecule has 0 saturated heterocycles. The highest BCUT2D eigenvalue weighted by Crippen LogP contribution is 2.28. The van der Waals surface area contributed by atoms with Gasteiger partial charge in [-0.2, -0.15) is 5.10 Å². The van der Waals surface area contributed by atoms with E-state index in [4.69, 9.17) is 11.6 Å². The summed E-state index contributed by atoms with van der Waals surface area (Å²) in [4.78, 5) is 16.3. The molecule has 0 saturated carbocycles. The molecule has 0 amide bonds. The molecule has 0 aliphatic carbocycles. The van der Waals surface area contributed by atoms with Gasteiger partial charge in [-0.15, -0.1) is 0 Å². The topological polar surface area (TPSA) is 67.5 Å². The average molecular weight is 350 g/mol. The van der Waals surface area contributed by atoms with E-state index < -0.39 is 5.97 Å². The lowest BCUT2D eigenvalue weighted by Gasteiger charge is -2.06. The van der Waals surface area contributed by atoms with Gasteiger partial charge in [0.2, 0.25) is 0 Å². The van der Waals surface area contributed by atoms with Gasteiger partial charge < -0.3 is 5.11 Å². The number of aromatic carboxylic acids is 1. The van der Waals surface area contributed by atoms with Gasteiger partial charge in [0.05, 0.1) is 11.4 Å². The van der Waals surface area contributed by atoms with Crippen molar-refractivity contribution in [3.05, 3.63) is 77.4 Å². The summed E-state index contributed by atoms with van der Waals surface area (Å²) < 4.78 is 1.34. The lowest BCUT2D eigenvalue weighted by Crippen LogP contribution is -2.08. The van der Waals surface area contributed by atoms with E-state index in [1.165, 1.54) is 10.6 Å².